The lowest BCUT2D eigenvalue weighted by Gasteiger charge is -2.32. The number of alkyl halides is 3. The van der Waals surface area contributed by atoms with E-state index < -0.39 is 23.6 Å². The molecule has 0 aromatic heterocycles. The van der Waals surface area contributed by atoms with Gasteiger partial charge in [0.05, 0.1) is 23.9 Å². The maximum absolute atomic E-state index is 12.9. The normalized spacial score (nSPS) is 19.3. The molecule has 2 aromatic rings. The first-order chi connectivity index (χ1) is 13.8. The lowest BCUT2D eigenvalue weighted by atomic mass is 9.84. The summed E-state index contributed by atoms with van der Waals surface area (Å²) >= 11 is 0. The molecule has 2 aliphatic rings. The maximum Gasteiger partial charge on any atom is 0.416 e. The smallest absolute Gasteiger partial charge is 0.416 e. The largest absolute Gasteiger partial charge is 0.497 e. The van der Waals surface area contributed by atoms with Gasteiger partial charge in [-0.15, -0.1) is 0 Å². The number of nitrogens with zero attached hydrogens (tertiary/aromatic N) is 1. The number of carbonyl (C=O) groups is 2. The van der Waals surface area contributed by atoms with Crippen LogP contribution in [0.4, 0.5) is 18.9 Å². The van der Waals surface area contributed by atoms with Gasteiger partial charge in [-0.2, -0.15) is 13.2 Å². The van der Waals surface area contributed by atoms with Crippen molar-refractivity contribution in [2.75, 3.05) is 18.6 Å². The number of hydrogen-bond acceptors (Lipinski definition) is 4. The van der Waals surface area contributed by atoms with Crippen LogP contribution in [0.25, 0.3) is 0 Å². The highest BCUT2D eigenvalue weighted by atomic mass is 19.4. The SMILES string of the molecule is COc1ccc(C2CC(=O)N(c3ccc(C(F)(F)F)cc3)C3=C2C(=O)OC3)cc1. The molecule has 29 heavy (non-hydrogen) atoms. The number of halogens is 3. The zero-order valence-electron chi connectivity index (χ0n) is 15.3. The molecule has 1 atom stereocenters. The summed E-state index contributed by atoms with van der Waals surface area (Å²) in [7, 11) is 1.54. The monoisotopic (exact) mass is 403 g/mol. The van der Waals surface area contributed by atoms with Gasteiger partial charge in [0.15, 0.2) is 0 Å². The van der Waals surface area contributed by atoms with Crippen molar-refractivity contribution < 1.29 is 32.2 Å². The Morgan fingerprint density at radius 1 is 1.03 bits per heavy atom. The summed E-state index contributed by atoms with van der Waals surface area (Å²) < 4.78 is 48.8. The fraction of sp³-hybridized carbons (Fsp3) is 0.238. The van der Waals surface area contributed by atoms with Crippen LogP contribution in [-0.4, -0.2) is 25.6 Å². The van der Waals surface area contributed by atoms with Gasteiger partial charge in [-0.05, 0) is 42.0 Å². The molecule has 0 saturated heterocycles. The molecule has 0 spiro atoms. The van der Waals surface area contributed by atoms with Crippen LogP contribution in [0.1, 0.15) is 23.5 Å². The molecule has 1 amide bonds. The number of ether oxygens (including phenoxy) is 2. The maximum atomic E-state index is 12.9. The van der Waals surface area contributed by atoms with E-state index >= 15 is 0 Å². The Bertz CT molecular complexity index is 994. The zero-order chi connectivity index (χ0) is 20.8. The van der Waals surface area contributed by atoms with Crippen LogP contribution in [0.5, 0.6) is 5.75 Å². The van der Waals surface area contributed by atoms with Crippen LogP contribution < -0.4 is 9.64 Å². The van der Waals surface area contributed by atoms with Crippen LogP contribution in [0.3, 0.4) is 0 Å². The molecule has 150 valence electrons. The van der Waals surface area contributed by atoms with Gasteiger partial charge < -0.3 is 9.47 Å². The van der Waals surface area contributed by atoms with E-state index in [9.17, 15) is 22.8 Å². The fourth-order valence-electron chi connectivity index (χ4n) is 3.67. The number of methoxy groups -OCH3 is 1. The molecule has 0 aliphatic carbocycles. The summed E-state index contributed by atoms with van der Waals surface area (Å²) in [6.45, 7) is -0.104. The predicted molar refractivity (Wildman–Crippen MR) is 97.3 cm³/mol. The van der Waals surface area contributed by atoms with Crippen molar-refractivity contribution in [3.63, 3.8) is 0 Å². The van der Waals surface area contributed by atoms with E-state index in [1.807, 2.05) is 0 Å². The van der Waals surface area contributed by atoms with E-state index in [1.54, 1.807) is 24.3 Å². The summed E-state index contributed by atoms with van der Waals surface area (Å²) in [5, 5.41) is 0. The quantitative estimate of drug-likeness (QED) is 0.726. The molecule has 0 saturated carbocycles. The molecule has 4 rings (SSSR count). The molecular formula is C21H16F3NO4. The predicted octanol–water partition coefficient (Wildman–Crippen LogP) is 4.05. The molecule has 0 radical (unpaired) electrons. The summed E-state index contributed by atoms with van der Waals surface area (Å²) in [6.07, 6.45) is -4.47. The first-order valence-electron chi connectivity index (χ1n) is 8.84. The lowest BCUT2D eigenvalue weighted by molar-refractivity contribution is -0.138. The van der Waals surface area contributed by atoms with Crippen LogP contribution in [-0.2, 0) is 20.5 Å². The average molecular weight is 403 g/mol. The zero-order valence-corrected chi connectivity index (χ0v) is 15.3. The highest BCUT2D eigenvalue weighted by molar-refractivity contribution is 6.06. The van der Waals surface area contributed by atoms with Gasteiger partial charge in [0.2, 0.25) is 5.91 Å². The molecule has 8 heteroatoms. The summed E-state index contributed by atoms with van der Waals surface area (Å²) in [4.78, 5) is 26.6. The molecule has 0 N–H and O–H groups in total. The van der Waals surface area contributed by atoms with Crippen LogP contribution in [0, 0.1) is 0 Å². The Labute approximate surface area is 164 Å². The Morgan fingerprint density at radius 2 is 1.69 bits per heavy atom. The number of benzene rings is 2. The molecule has 0 bridgehead atoms. The van der Waals surface area contributed by atoms with E-state index in [1.165, 1.54) is 24.1 Å². The molecule has 0 fully saturated rings. The minimum absolute atomic E-state index is 0.00127. The Balaban J connectivity index is 1.74. The number of hydrogen-bond donors (Lipinski definition) is 0. The van der Waals surface area contributed by atoms with E-state index in [2.05, 4.69) is 0 Å². The van der Waals surface area contributed by atoms with E-state index in [0.717, 1.165) is 17.7 Å². The Kier molecular flexibility index (Phi) is 4.56. The van der Waals surface area contributed by atoms with Crippen molar-refractivity contribution in [3.05, 3.63) is 70.9 Å². The number of rotatable bonds is 3. The van der Waals surface area contributed by atoms with Crippen LogP contribution >= 0.6 is 0 Å². The second-order valence-corrected chi connectivity index (χ2v) is 6.74. The van der Waals surface area contributed by atoms with Gasteiger partial charge in [0.1, 0.15) is 12.4 Å². The number of anilines is 1. The van der Waals surface area contributed by atoms with Crippen molar-refractivity contribution >= 4 is 17.6 Å². The number of cyclic esters (lactones) is 1. The van der Waals surface area contributed by atoms with Crippen LogP contribution in [0.15, 0.2) is 59.8 Å². The molecular weight excluding hydrogens is 387 g/mol. The standard InChI is InChI=1S/C21H16F3NO4/c1-28-15-8-2-12(3-9-15)16-10-18(26)25(17-11-29-20(27)19(16)17)14-6-4-13(5-7-14)21(22,23)24/h2-9,16H,10-11H2,1H3. The summed E-state index contributed by atoms with van der Waals surface area (Å²) in [6, 6.07) is 11.3. The second-order valence-electron chi connectivity index (χ2n) is 6.74. The first kappa shape index (κ1) is 19.0. The van der Waals surface area contributed by atoms with Crippen molar-refractivity contribution in [2.24, 2.45) is 0 Å². The third kappa shape index (κ3) is 3.35. The highest BCUT2D eigenvalue weighted by Crippen LogP contribution is 2.42. The molecule has 2 aromatic carbocycles. The van der Waals surface area contributed by atoms with Crippen molar-refractivity contribution in [2.45, 2.75) is 18.5 Å². The van der Waals surface area contributed by atoms with E-state index in [0.29, 0.717) is 17.0 Å². The molecule has 1 unspecified atom stereocenters. The number of amides is 1. The topological polar surface area (TPSA) is 55.8 Å². The molecule has 2 heterocycles. The average Bonchev–Trinajstić information content (AvgIpc) is 3.08. The third-order valence-corrected chi connectivity index (χ3v) is 5.09. The van der Waals surface area contributed by atoms with Crippen molar-refractivity contribution in [1.82, 2.24) is 0 Å². The minimum atomic E-state index is -4.47. The van der Waals surface area contributed by atoms with Gasteiger partial charge in [0.25, 0.3) is 0 Å². The van der Waals surface area contributed by atoms with Gasteiger partial charge in [0, 0.05) is 18.0 Å². The van der Waals surface area contributed by atoms with E-state index in [-0.39, 0.29) is 24.6 Å². The van der Waals surface area contributed by atoms with Gasteiger partial charge in [-0.3, -0.25) is 9.69 Å². The molecule has 5 nitrogen and oxygen atoms in total. The summed E-state index contributed by atoms with van der Waals surface area (Å²) in [5.74, 6) is -0.678. The Hall–Kier alpha value is -3.29. The third-order valence-electron chi connectivity index (χ3n) is 5.09. The highest BCUT2D eigenvalue weighted by Gasteiger charge is 2.43. The van der Waals surface area contributed by atoms with Gasteiger partial charge in [-0.25, -0.2) is 4.79 Å². The number of esters is 1. The lowest BCUT2D eigenvalue weighted by Crippen LogP contribution is -2.37. The van der Waals surface area contributed by atoms with E-state index in [4.69, 9.17) is 9.47 Å². The Morgan fingerprint density at radius 3 is 2.28 bits per heavy atom. The van der Waals surface area contributed by atoms with Crippen molar-refractivity contribution in [1.29, 1.82) is 0 Å². The van der Waals surface area contributed by atoms with Gasteiger partial charge >= 0.3 is 12.1 Å². The number of carbonyl (C=O) groups excluding carboxylic acids is 2. The van der Waals surface area contributed by atoms with Gasteiger partial charge in [-0.1, -0.05) is 12.1 Å². The van der Waals surface area contributed by atoms with Crippen LogP contribution in [0.2, 0.25) is 0 Å². The van der Waals surface area contributed by atoms with Crippen molar-refractivity contribution in [3.8, 4) is 5.75 Å². The molecule has 2 aliphatic heterocycles. The minimum Gasteiger partial charge on any atom is -0.497 e. The fourth-order valence-corrected chi connectivity index (χ4v) is 3.67. The summed E-state index contributed by atoms with van der Waals surface area (Å²) in [5.41, 5.74) is 0.941. The second kappa shape index (κ2) is 6.95. The first-order valence-corrected chi connectivity index (χ1v) is 8.84.